The average Bonchev–Trinajstić information content (AvgIpc) is 3.11. The largest absolute Gasteiger partial charge is 0.356 e. The van der Waals surface area contributed by atoms with E-state index in [1.54, 1.807) is 4.68 Å². The summed E-state index contributed by atoms with van der Waals surface area (Å²) in [6.45, 7) is 14.2. The molecule has 0 unspecified atom stereocenters. The van der Waals surface area contributed by atoms with Gasteiger partial charge in [-0.25, -0.2) is 0 Å². The summed E-state index contributed by atoms with van der Waals surface area (Å²) in [7, 11) is 1.89. The Balaban J connectivity index is 0.000000734. The Labute approximate surface area is 224 Å². The van der Waals surface area contributed by atoms with E-state index in [1.165, 1.54) is 5.57 Å². The maximum Gasteiger partial charge on any atom is 0.226 e. The molecule has 0 aromatic carbocycles. The Morgan fingerprint density at radius 1 is 1.11 bits per heavy atom. The third-order valence-corrected chi connectivity index (χ3v) is 7.66. The van der Waals surface area contributed by atoms with Crippen molar-refractivity contribution in [2.24, 2.45) is 24.8 Å². The summed E-state index contributed by atoms with van der Waals surface area (Å²) in [5.74, 6) is 2.39. The Bertz CT molecular complexity index is 919. The van der Waals surface area contributed by atoms with Crippen LogP contribution in [0.1, 0.15) is 78.7 Å². The monoisotopic (exact) mass is 514 g/mol. The Kier molecular flexibility index (Phi) is 12.4. The van der Waals surface area contributed by atoms with Gasteiger partial charge in [0.15, 0.2) is 0 Å². The number of allylic oxidation sites excluding steroid dienone is 2. The lowest BCUT2D eigenvalue weighted by atomic mass is 9.81. The van der Waals surface area contributed by atoms with Crippen LogP contribution in [0.5, 0.6) is 0 Å². The van der Waals surface area contributed by atoms with Crippen molar-refractivity contribution >= 4 is 17.6 Å². The molecule has 3 heterocycles. The number of fused-ring (bicyclic) bond motifs is 1. The molecule has 1 saturated heterocycles. The second kappa shape index (κ2) is 15.0. The van der Waals surface area contributed by atoms with Crippen LogP contribution in [0.4, 0.5) is 5.82 Å². The van der Waals surface area contributed by atoms with Crippen LogP contribution in [0.25, 0.3) is 0 Å². The maximum absolute atomic E-state index is 13.2. The normalized spacial score (nSPS) is 21.7. The van der Waals surface area contributed by atoms with Crippen molar-refractivity contribution in [2.45, 2.75) is 79.7 Å². The van der Waals surface area contributed by atoms with Crippen LogP contribution in [0.3, 0.4) is 0 Å². The minimum atomic E-state index is 0. The minimum Gasteiger partial charge on any atom is -0.356 e. The van der Waals surface area contributed by atoms with E-state index < -0.39 is 0 Å². The van der Waals surface area contributed by atoms with Crippen molar-refractivity contribution in [3.63, 3.8) is 0 Å². The van der Waals surface area contributed by atoms with Crippen LogP contribution < -0.4 is 16.0 Å². The molecule has 8 nitrogen and oxygen atoms in total. The summed E-state index contributed by atoms with van der Waals surface area (Å²) < 4.78 is 1.79. The lowest BCUT2D eigenvalue weighted by Gasteiger charge is -2.32. The average molecular weight is 515 g/mol. The van der Waals surface area contributed by atoms with E-state index >= 15 is 0 Å². The number of carbonyl (C=O) groups excluding carboxylic acids is 2. The second-order valence-corrected chi connectivity index (χ2v) is 10.9. The fraction of sp³-hybridized carbons (Fsp3) is 0.690. The van der Waals surface area contributed by atoms with Gasteiger partial charge in [-0.15, -0.1) is 0 Å². The molecule has 0 radical (unpaired) electrons. The van der Waals surface area contributed by atoms with Gasteiger partial charge in [0.2, 0.25) is 11.8 Å². The number of rotatable bonds is 5. The molecule has 3 aliphatic rings. The van der Waals surface area contributed by atoms with Crippen molar-refractivity contribution in [1.29, 1.82) is 0 Å². The SMILES string of the molecule is C.C=C1CN(C(=O)C2CCC(CNC(=O)CC3CCNCC3)CC2)Cc2cnn(C)c2N1.CC=C(C)C. The van der Waals surface area contributed by atoms with Crippen LogP contribution >= 0.6 is 0 Å². The van der Waals surface area contributed by atoms with Gasteiger partial charge in [-0.05, 0) is 84.2 Å². The first-order valence-corrected chi connectivity index (χ1v) is 13.6. The molecule has 2 aliphatic heterocycles. The van der Waals surface area contributed by atoms with Gasteiger partial charge >= 0.3 is 0 Å². The Morgan fingerprint density at radius 3 is 2.38 bits per heavy atom. The fourth-order valence-corrected chi connectivity index (χ4v) is 5.16. The van der Waals surface area contributed by atoms with Crippen molar-refractivity contribution in [2.75, 3.05) is 31.5 Å². The molecule has 1 saturated carbocycles. The molecule has 0 spiro atoms. The van der Waals surface area contributed by atoms with E-state index in [0.29, 0.717) is 31.3 Å². The molecule has 3 N–H and O–H groups in total. The summed E-state index contributed by atoms with van der Waals surface area (Å²) in [6.07, 6.45) is 10.5. The summed E-state index contributed by atoms with van der Waals surface area (Å²) in [5, 5.41) is 14.1. The minimum absolute atomic E-state index is 0. The molecule has 0 atom stereocenters. The van der Waals surface area contributed by atoms with Crippen molar-refractivity contribution in [3.05, 3.63) is 35.7 Å². The number of hydrogen-bond donors (Lipinski definition) is 3. The quantitative estimate of drug-likeness (QED) is 0.499. The number of carbonyl (C=O) groups is 2. The van der Waals surface area contributed by atoms with Gasteiger partial charge in [-0.1, -0.05) is 25.7 Å². The number of aryl methyl sites for hydroxylation is 1. The molecule has 1 aromatic heterocycles. The van der Waals surface area contributed by atoms with Gasteiger partial charge in [-0.2, -0.15) is 5.10 Å². The molecule has 2 fully saturated rings. The van der Waals surface area contributed by atoms with Crippen molar-refractivity contribution in [1.82, 2.24) is 25.3 Å². The summed E-state index contributed by atoms with van der Waals surface area (Å²) >= 11 is 0. The number of amides is 2. The van der Waals surface area contributed by atoms with Gasteiger partial charge in [0, 0.05) is 37.2 Å². The van der Waals surface area contributed by atoms with E-state index in [9.17, 15) is 9.59 Å². The van der Waals surface area contributed by atoms with Crippen LogP contribution in [0.2, 0.25) is 0 Å². The van der Waals surface area contributed by atoms with Crippen molar-refractivity contribution in [3.8, 4) is 0 Å². The standard InChI is InChI=1S/C23H36N6O2.C5H10.CH4/c1-16-14-29(15-20-13-26-28(2)22(20)27-16)23(31)19-5-3-18(4-6-19)12-25-21(30)11-17-7-9-24-10-8-17;1-4-5(2)3;/h13,17-19,24,27H,1,3-12,14-15H2,2H3,(H,25,30);4H,1-3H3;1H4. The second-order valence-electron chi connectivity index (χ2n) is 10.9. The molecule has 8 heteroatoms. The van der Waals surface area contributed by atoms with Crippen molar-refractivity contribution < 1.29 is 9.59 Å². The highest BCUT2D eigenvalue weighted by Crippen LogP contribution is 2.32. The molecular formula is C29H50N6O2. The van der Waals surface area contributed by atoms with E-state index in [-0.39, 0.29) is 25.2 Å². The molecule has 37 heavy (non-hydrogen) atoms. The van der Waals surface area contributed by atoms with Crippen LogP contribution in [0.15, 0.2) is 30.1 Å². The van der Waals surface area contributed by atoms with E-state index in [2.05, 4.69) is 47.6 Å². The van der Waals surface area contributed by atoms with Gasteiger partial charge < -0.3 is 20.9 Å². The molecule has 1 aliphatic carbocycles. The summed E-state index contributed by atoms with van der Waals surface area (Å²) in [4.78, 5) is 27.4. The molecular weight excluding hydrogens is 464 g/mol. The predicted molar refractivity (Wildman–Crippen MR) is 152 cm³/mol. The first kappa shape index (κ1) is 30.6. The third kappa shape index (κ3) is 9.33. The van der Waals surface area contributed by atoms with Gasteiger partial charge in [-0.3, -0.25) is 14.3 Å². The van der Waals surface area contributed by atoms with E-state index in [1.807, 2.05) is 25.1 Å². The number of nitrogens with one attached hydrogen (secondary N) is 3. The highest BCUT2D eigenvalue weighted by atomic mass is 16.2. The van der Waals surface area contributed by atoms with Gasteiger partial charge in [0.05, 0.1) is 19.3 Å². The number of hydrogen-bond acceptors (Lipinski definition) is 5. The molecule has 208 valence electrons. The number of aromatic nitrogens is 2. The maximum atomic E-state index is 13.2. The number of anilines is 1. The Hall–Kier alpha value is -2.61. The third-order valence-electron chi connectivity index (χ3n) is 7.66. The first-order chi connectivity index (χ1) is 17.3. The van der Waals surface area contributed by atoms with Crippen LogP contribution in [-0.4, -0.2) is 52.7 Å². The first-order valence-electron chi connectivity index (χ1n) is 13.6. The van der Waals surface area contributed by atoms with Gasteiger partial charge in [0.1, 0.15) is 5.82 Å². The molecule has 0 bridgehead atoms. The zero-order valence-corrected chi connectivity index (χ0v) is 22.7. The topological polar surface area (TPSA) is 91.3 Å². The smallest absolute Gasteiger partial charge is 0.226 e. The number of piperidine rings is 1. The van der Waals surface area contributed by atoms with E-state index in [4.69, 9.17) is 0 Å². The molecule has 4 rings (SSSR count). The Morgan fingerprint density at radius 2 is 1.76 bits per heavy atom. The number of nitrogens with zero attached hydrogens (tertiary/aromatic N) is 3. The lowest BCUT2D eigenvalue weighted by molar-refractivity contribution is -0.137. The highest BCUT2D eigenvalue weighted by molar-refractivity contribution is 5.80. The van der Waals surface area contributed by atoms with Gasteiger partial charge in [0.25, 0.3) is 0 Å². The molecule has 1 aromatic rings. The van der Waals surface area contributed by atoms with Crippen LogP contribution in [0, 0.1) is 17.8 Å². The van der Waals surface area contributed by atoms with E-state index in [0.717, 1.165) is 75.2 Å². The lowest BCUT2D eigenvalue weighted by Crippen LogP contribution is -2.39. The zero-order chi connectivity index (χ0) is 26.1. The zero-order valence-electron chi connectivity index (χ0n) is 22.7. The van der Waals surface area contributed by atoms with Crippen LogP contribution in [-0.2, 0) is 23.2 Å². The molecule has 2 amide bonds. The highest BCUT2D eigenvalue weighted by Gasteiger charge is 2.32. The summed E-state index contributed by atoms with van der Waals surface area (Å²) in [5.41, 5.74) is 3.23. The fourth-order valence-electron chi connectivity index (χ4n) is 5.16. The predicted octanol–water partition coefficient (Wildman–Crippen LogP) is 4.61. The summed E-state index contributed by atoms with van der Waals surface area (Å²) in [6, 6.07) is 0.